The minimum absolute atomic E-state index is 0.0890. The molecule has 0 unspecified atom stereocenters. The van der Waals surface area contributed by atoms with Crippen LogP contribution in [0, 0.1) is 34.5 Å². The summed E-state index contributed by atoms with van der Waals surface area (Å²) in [6.07, 6.45) is 11.5. The van der Waals surface area contributed by atoms with Crippen LogP contribution in [-0.4, -0.2) is 32.2 Å². The Morgan fingerprint density at radius 2 is 2.00 bits per heavy atom. The smallest absolute Gasteiger partial charge is 0.155 e. The Balaban J connectivity index is 1.51. The lowest BCUT2D eigenvalue weighted by Crippen LogP contribution is -2.58. The molecule has 138 valence electrons. The number of ether oxygens (including phenoxy) is 2. The molecule has 0 aromatic heterocycles. The summed E-state index contributed by atoms with van der Waals surface area (Å²) >= 11 is 0. The van der Waals surface area contributed by atoms with Gasteiger partial charge in [-0.15, -0.1) is 0 Å². The fraction of sp³-hybridized carbons (Fsp3) is 0.864. The van der Waals surface area contributed by atoms with Gasteiger partial charge in [0.15, 0.2) is 5.78 Å². The molecule has 0 N–H and O–H groups in total. The average molecular weight is 344 g/mol. The van der Waals surface area contributed by atoms with Gasteiger partial charge in [-0.2, -0.15) is 0 Å². The lowest BCUT2D eigenvalue weighted by atomic mass is 9.48. The van der Waals surface area contributed by atoms with Crippen molar-refractivity contribution in [1.82, 2.24) is 0 Å². The van der Waals surface area contributed by atoms with Crippen molar-refractivity contribution in [1.29, 1.82) is 0 Å². The number of methoxy groups -OCH3 is 2. The highest BCUT2D eigenvalue weighted by molar-refractivity contribution is 5.91. The standard InChI is InChI=1S/C22H32O3/c1-20-9-8-18-17-6-5-16(23)10-14(17)4-7-19(18)22(20)12-15(22)11-21(20,25-3)13-24-2/h10,15,17-19H,4-9,11-13H2,1-3H3/t15-,17+,18-,19-,20-,21+,22+/m1/s1. The summed E-state index contributed by atoms with van der Waals surface area (Å²) in [5.74, 6) is 3.53. The van der Waals surface area contributed by atoms with Crippen molar-refractivity contribution in [3.8, 4) is 0 Å². The van der Waals surface area contributed by atoms with Crippen LogP contribution in [0.15, 0.2) is 11.6 Å². The maximum Gasteiger partial charge on any atom is 0.155 e. The van der Waals surface area contributed by atoms with Gasteiger partial charge >= 0.3 is 0 Å². The van der Waals surface area contributed by atoms with E-state index in [9.17, 15) is 4.79 Å². The average Bonchev–Trinajstić information content (AvgIpc) is 3.27. The topological polar surface area (TPSA) is 35.5 Å². The summed E-state index contributed by atoms with van der Waals surface area (Å²) in [7, 11) is 3.73. The zero-order valence-electron chi connectivity index (χ0n) is 16.0. The van der Waals surface area contributed by atoms with Gasteiger partial charge in [-0.3, -0.25) is 4.79 Å². The van der Waals surface area contributed by atoms with Crippen molar-refractivity contribution < 1.29 is 14.3 Å². The van der Waals surface area contributed by atoms with Crippen LogP contribution in [0.25, 0.3) is 0 Å². The number of hydrogen-bond donors (Lipinski definition) is 0. The fourth-order valence-corrected chi connectivity index (χ4v) is 8.40. The molecule has 0 saturated heterocycles. The molecule has 7 atom stereocenters. The monoisotopic (exact) mass is 344 g/mol. The van der Waals surface area contributed by atoms with Crippen LogP contribution in [0.3, 0.4) is 0 Å². The Labute approximate surface area is 151 Å². The van der Waals surface area contributed by atoms with Crippen LogP contribution in [0.5, 0.6) is 0 Å². The van der Waals surface area contributed by atoms with E-state index in [-0.39, 0.29) is 11.0 Å². The molecule has 25 heavy (non-hydrogen) atoms. The summed E-state index contributed by atoms with van der Waals surface area (Å²) in [4.78, 5) is 11.9. The molecule has 4 fully saturated rings. The van der Waals surface area contributed by atoms with Crippen LogP contribution in [0.4, 0.5) is 0 Å². The van der Waals surface area contributed by atoms with Crippen molar-refractivity contribution in [3.05, 3.63) is 11.6 Å². The largest absolute Gasteiger partial charge is 0.382 e. The lowest BCUT2D eigenvalue weighted by molar-refractivity contribution is -0.183. The van der Waals surface area contributed by atoms with E-state index >= 15 is 0 Å². The predicted octanol–water partition coefficient (Wildman–Crippen LogP) is 4.16. The fourth-order valence-electron chi connectivity index (χ4n) is 8.40. The van der Waals surface area contributed by atoms with Gasteiger partial charge in [0.25, 0.3) is 0 Å². The Bertz CT molecular complexity index is 639. The molecule has 0 amide bonds. The van der Waals surface area contributed by atoms with Crippen molar-refractivity contribution in [2.75, 3.05) is 20.8 Å². The number of allylic oxidation sites excluding steroid dienone is 1. The molecule has 4 saturated carbocycles. The minimum atomic E-state index is -0.0890. The first-order valence-corrected chi connectivity index (χ1v) is 10.3. The number of hydrogen-bond acceptors (Lipinski definition) is 3. The van der Waals surface area contributed by atoms with Gasteiger partial charge in [0.05, 0.1) is 12.2 Å². The summed E-state index contributed by atoms with van der Waals surface area (Å²) in [5.41, 5.74) is 2.14. The van der Waals surface area contributed by atoms with E-state index in [4.69, 9.17) is 9.47 Å². The molecule has 0 heterocycles. The first-order chi connectivity index (χ1) is 12.0. The summed E-state index contributed by atoms with van der Waals surface area (Å²) in [5, 5.41) is 0. The lowest BCUT2D eigenvalue weighted by Gasteiger charge is -2.59. The first kappa shape index (κ1) is 16.5. The maximum absolute atomic E-state index is 11.9. The van der Waals surface area contributed by atoms with Gasteiger partial charge in [0.1, 0.15) is 0 Å². The van der Waals surface area contributed by atoms with E-state index in [1.165, 1.54) is 37.7 Å². The highest BCUT2D eigenvalue weighted by atomic mass is 16.5. The van der Waals surface area contributed by atoms with E-state index in [0.717, 1.165) is 43.6 Å². The molecule has 0 aliphatic heterocycles. The van der Waals surface area contributed by atoms with E-state index in [1.54, 1.807) is 0 Å². The van der Waals surface area contributed by atoms with Crippen LogP contribution in [-0.2, 0) is 14.3 Å². The molecule has 5 aliphatic rings. The molecule has 3 heteroatoms. The zero-order chi connectivity index (χ0) is 17.4. The zero-order valence-corrected chi connectivity index (χ0v) is 16.0. The maximum atomic E-state index is 11.9. The van der Waals surface area contributed by atoms with E-state index in [1.807, 2.05) is 20.3 Å². The van der Waals surface area contributed by atoms with Crippen LogP contribution in [0.1, 0.15) is 58.3 Å². The number of carbonyl (C=O) groups excluding carboxylic acids is 1. The summed E-state index contributed by atoms with van der Waals surface area (Å²) in [6.45, 7) is 3.26. The SMILES string of the molecule is COC[C@@]1(OC)C[C@@H]2C[C@@]23[C@@H]2CCC4=CC(=O)CC[C@@H]4[C@H]2CC[C@]13C. The predicted molar refractivity (Wildman–Crippen MR) is 96.1 cm³/mol. The molecular weight excluding hydrogens is 312 g/mol. The van der Waals surface area contributed by atoms with Gasteiger partial charge in [-0.25, -0.2) is 0 Å². The molecule has 5 aliphatic carbocycles. The third-order valence-corrected chi connectivity index (χ3v) is 9.47. The Morgan fingerprint density at radius 3 is 2.76 bits per heavy atom. The minimum Gasteiger partial charge on any atom is -0.382 e. The molecule has 3 nitrogen and oxygen atoms in total. The van der Waals surface area contributed by atoms with Crippen LogP contribution < -0.4 is 0 Å². The normalized spacial score (nSPS) is 53.4. The molecule has 1 spiro atoms. The molecular formula is C22H32O3. The highest BCUT2D eigenvalue weighted by Gasteiger charge is 2.81. The number of carbonyl (C=O) groups is 1. The van der Waals surface area contributed by atoms with Crippen LogP contribution in [0.2, 0.25) is 0 Å². The number of fused-ring (bicyclic) bond motifs is 3. The first-order valence-electron chi connectivity index (χ1n) is 10.3. The van der Waals surface area contributed by atoms with Gasteiger partial charge in [0.2, 0.25) is 0 Å². The van der Waals surface area contributed by atoms with Crippen molar-refractivity contribution in [2.24, 2.45) is 34.5 Å². The molecule has 0 aromatic carbocycles. The molecule has 0 aromatic rings. The van der Waals surface area contributed by atoms with Crippen molar-refractivity contribution >= 4 is 5.78 Å². The Hall–Kier alpha value is -0.670. The van der Waals surface area contributed by atoms with E-state index in [2.05, 4.69) is 6.92 Å². The van der Waals surface area contributed by atoms with Crippen molar-refractivity contribution in [3.63, 3.8) is 0 Å². The second-order valence-electron chi connectivity index (χ2n) is 9.79. The molecule has 0 bridgehead atoms. The number of rotatable bonds is 3. The molecule has 0 radical (unpaired) electrons. The van der Waals surface area contributed by atoms with Gasteiger partial charge < -0.3 is 9.47 Å². The van der Waals surface area contributed by atoms with Crippen molar-refractivity contribution in [2.45, 2.75) is 63.9 Å². The third-order valence-electron chi connectivity index (χ3n) is 9.47. The number of ketones is 1. The highest BCUT2D eigenvalue weighted by Crippen LogP contribution is 2.84. The van der Waals surface area contributed by atoms with Crippen LogP contribution >= 0.6 is 0 Å². The summed E-state index contributed by atoms with van der Waals surface area (Å²) < 4.78 is 11.9. The van der Waals surface area contributed by atoms with Gasteiger partial charge in [0, 0.05) is 26.1 Å². The Morgan fingerprint density at radius 1 is 1.16 bits per heavy atom. The Kier molecular flexibility index (Phi) is 3.43. The van der Waals surface area contributed by atoms with E-state index < -0.39 is 0 Å². The quantitative estimate of drug-likeness (QED) is 0.771. The second kappa shape index (κ2) is 5.19. The summed E-state index contributed by atoms with van der Waals surface area (Å²) in [6, 6.07) is 0. The van der Waals surface area contributed by atoms with Gasteiger partial charge in [-0.05, 0) is 80.1 Å². The van der Waals surface area contributed by atoms with Gasteiger partial charge in [-0.1, -0.05) is 12.5 Å². The van der Waals surface area contributed by atoms with E-state index in [0.29, 0.717) is 17.1 Å². The third kappa shape index (κ3) is 1.82. The second-order valence-corrected chi connectivity index (χ2v) is 9.79. The molecule has 5 rings (SSSR count).